The zero-order valence-corrected chi connectivity index (χ0v) is 9.82. The molecule has 1 aliphatic heterocycles. The Balaban J connectivity index is 2.04. The standard InChI is InChI=1S/C11H12F2N2OS/c12-7-2-1-3-8(10(7)13)15-11(16)9-6-17-5-4-14-9/h1-3,9,14H,4-6H2,(H,15,16). The van der Waals surface area contributed by atoms with E-state index in [2.05, 4.69) is 10.6 Å². The van der Waals surface area contributed by atoms with Crippen LogP contribution in [0.1, 0.15) is 0 Å². The van der Waals surface area contributed by atoms with Gasteiger partial charge in [-0.1, -0.05) is 6.07 Å². The maximum absolute atomic E-state index is 13.3. The Labute approximate surface area is 102 Å². The molecule has 0 radical (unpaired) electrons. The Morgan fingerprint density at radius 2 is 2.29 bits per heavy atom. The molecule has 0 spiro atoms. The van der Waals surface area contributed by atoms with Crippen LogP contribution in [0, 0.1) is 11.6 Å². The number of anilines is 1. The number of carbonyl (C=O) groups is 1. The van der Waals surface area contributed by atoms with Crippen LogP contribution in [0.4, 0.5) is 14.5 Å². The largest absolute Gasteiger partial charge is 0.322 e. The van der Waals surface area contributed by atoms with E-state index in [9.17, 15) is 13.6 Å². The first kappa shape index (κ1) is 12.3. The second-order valence-electron chi connectivity index (χ2n) is 3.67. The molecule has 1 unspecified atom stereocenters. The number of nitrogens with one attached hydrogen (secondary N) is 2. The van der Waals surface area contributed by atoms with E-state index >= 15 is 0 Å². The summed E-state index contributed by atoms with van der Waals surface area (Å²) in [6.45, 7) is 0.744. The van der Waals surface area contributed by atoms with Crippen molar-refractivity contribution in [3.8, 4) is 0 Å². The van der Waals surface area contributed by atoms with Crippen LogP contribution in [-0.4, -0.2) is 30.0 Å². The maximum Gasteiger partial charge on any atom is 0.242 e. The predicted molar refractivity (Wildman–Crippen MR) is 64.1 cm³/mol. The fourth-order valence-electron chi connectivity index (χ4n) is 1.55. The van der Waals surface area contributed by atoms with E-state index in [1.165, 1.54) is 12.1 Å². The average molecular weight is 258 g/mol. The highest BCUT2D eigenvalue weighted by Gasteiger charge is 2.22. The number of carbonyl (C=O) groups excluding carboxylic acids is 1. The van der Waals surface area contributed by atoms with Crippen LogP contribution in [0.5, 0.6) is 0 Å². The molecular weight excluding hydrogens is 246 g/mol. The molecule has 1 aromatic carbocycles. The van der Waals surface area contributed by atoms with Gasteiger partial charge in [-0.15, -0.1) is 0 Å². The third-order valence-electron chi connectivity index (χ3n) is 2.45. The van der Waals surface area contributed by atoms with Gasteiger partial charge in [-0.3, -0.25) is 4.79 Å². The van der Waals surface area contributed by atoms with Crippen LogP contribution in [0.2, 0.25) is 0 Å². The molecule has 1 fully saturated rings. The van der Waals surface area contributed by atoms with Gasteiger partial charge in [0.15, 0.2) is 11.6 Å². The highest BCUT2D eigenvalue weighted by molar-refractivity contribution is 7.99. The third-order valence-corrected chi connectivity index (χ3v) is 3.51. The predicted octanol–water partition coefficient (Wildman–Crippen LogP) is 1.61. The lowest BCUT2D eigenvalue weighted by molar-refractivity contribution is -0.117. The molecule has 0 aromatic heterocycles. The molecule has 92 valence electrons. The summed E-state index contributed by atoms with van der Waals surface area (Å²) in [4.78, 5) is 11.8. The van der Waals surface area contributed by atoms with Crippen molar-refractivity contribution < 1.29 is 13.6 Å². The first-order valence-electron chi connectivity index (χ1n) is 5.24. The number of benzene rings is 1. The van der Waals surface area contributed by atoms with Crippen molar-refractivity contribution in [3.63, 3.8) is 0 Å². The summed E-state index contributed by atoms with van der Waals surface area (Å²) in [6.07, 6.45) is 0. The van der Waals surface area contributed by atoms with Crippen molar-refractivity contribution >= 4 is 23.4 Å². The molecule has 1 heterocycles. The van der Waals surface area contributed by atoms with Crippen molar-refractivity contribution in [2.45, 2.75) is 6.04 Å². The van der Waals surface area contributed by atoms with Crippen molar-refractivity contribution in [2.75, 3.05) is 23.4 Å². The zero-order chi connectivity index (χ0) is 12.3. The molecule has 2 rings (SSSR count). The number of rotatable bonds is 2. The fraction of sp³-hybridized carbons (Fsp3) is 0.364. The molecule has 1 saturated heterocycles. The zero-order valence-electron chi connectivity index (χ0n) is 9.00. The molecule has 2 N–H and O–H groups in total. The van der Waals surface area contributed by atoms with Gasteiger partial charge in [-0.05, 0) is 12.1 Å². The number of amides is 1. The van der Waals surface area contributed by atoms with Gasteiger partial charge < -0.3 is 10.6 Å². The lowest BCUT2D eigenvalue weighted by atomic mass is 10.2. The Morgan fingerprint density at radius 1 is 1.47 bits per heavy atom. The van der Waals surface area contributed by atoms with Crippen LogP contribution in [0.3, 0.4) is 0 Å². The van der Waals surface area contributed by atoms with Gasteiger partial charge in [0, 0.05) is 18.1 Å². The van der Waals surface area contributed by atoms with Gasteiger partial charge in [0.25, 0.3) is 0 Å². The first-order valence-corrected chi connectivity index (χ1v) is 6.40. The normalized spacial score (nSPS) is 20.0. The van der Waals surface area contributed by atoms with Crippen LogP contribution in [0.15, 0.2) is 18.2 Å². The molecular formula is C11H12F2N2OS. The van der Waals surface area contributed by atoms with E-state index < -0.39 is 11.6 Å². The van der Waals surface area contributed by atoms with Gasteiger partial charge in [0.2, 0.25) is 5.91 Å². The van der Waals surface area contributed by atoms with Crippen molar-refractivity contribution in [3.05, 3.63) is 29.8 Å². The summed E-state index contributed by atoms with van der Waals surface area (Å²) < 4.78 is 26.2. The van der Waals surface area contributed by atoms with E-state index in [0.29, 0.717) is 5.75 Å². The summed E-state index contributed by atoms with van der Waals surface area (Å²) >= 11 is 1.66. The van der Waals surface area contributed by atoms with Crippen molar-refractivity contribution in [1.29, 1.82) is 0 Å². The quantitative estimate of drug-likeness (QED) is 0.846. The summed E-state index contributed by atoms with van der Waals surface area (Å²) in [5, 5.41) is 5.42. The molecule has 0 saturated carbocycles. The summed E-state index contributed by atoms with van der Waals surface area (Å²) in [6, 6.07) is 3.36. The molecule has 1 aromatic rings. The number of halogens is 2. The van der Waals surface area contributed by atoms with E-state index in [1.807, 2.05) is 0 Å². The highest BCUT2D eigenvalue weighted by atomic mass is 32.2. The third kappa shape index (κ3) is 2.95. The second kappa shape index (κ2) is 5.46. The van der Waals surface area contributed by atoms with Crippen LogP contribution in [-0.2, 0) is 4.79 Å². The minimum absolute atomic E-state index is 0.118. The highest BCUT2D eigenvalue weighted by Crippen LogP contribution is 2.17. The van der Waals surface area contributed by atoms with Gasteiger partial charge in [-0.2, -0.15) is 11.8 Å². The van der Waals surface area contributed by atoms with Gasteiger partial charge in [0.1, 0.15) is 0 Å². The lowest BCUT2D eigenvalue weighted by Gasteiger charge is -2.22. The lowest BCUT2D eigenvalue weighted by Crippen LogP contribution is -2.46. The topological polar surface area (TPSA) is 41.1 Å². The Kier molecular flexibility index (Phi) is 3.96. The second-order valence-corrected chi connectivity index (χ2v) is 4.82. The Hall–Kier alpha value is -1.14. The summed E-state index contributed by atoms with van der Waals surface area (Å²) in [5.74, 6) is -0.722. The van der Waals surface area contributed by atoms with E-state index in [4.69, 9.17) is 0 Å². The Bertz CT molecular complexity index is 422. The molecule has 0 aliphatic carbocycles. The SMILES string of the molecule is O=C(Nc1cccc(F)c1F)C1CSCCN1. The van der Waals surface area contributed by atoms with E-state index in [-0.39, 0.29) is 17.6 Å². The minimum Gasteiger partial charge on any atom is -0.322 e. The van der Waals surface area contributed by atoms with E-state index in [0.717, 1.165) is 18.4 Å². The van der Waals surface area contributed by atoms with Gasteiger partial charge >= 0.3 is 0 Å². The molecule has 17 heavy (non-hydrogen) atoms. The monoisotopic (exact) mass is 258 g/mol. The Morgan fingerprint density at radius 3 is 3.00 bits per heavy atom. The van der Waals surface area contributed by atoms with Crippen molar-refractivity contribution in [2.24, 2.45) is 0 Å². The molecule has 1 amide bonds. The molecule has 3 nitrogen and oxygen atoms in total. The smallest absolute Gasteiger partial charge is 0.242 e. The number of hydrogen-bond donors (Lipinski definition) is 2. The van der Waals surface area contributed by atoms with Gasteiger partial charge in [0.05, 0.1) is 11.7 Å². The molecule has 1 atom stereocenters. The van der Waals surface area contributed by atoms with Crippen LogP contribution in [0.25, 0.3) is 0 Å². The minimum atomic E-state index is -1.02. The number of thioether (sulfide) groups is 1. The van der Waals surface area contributed by atoms with Gasteiger partial charge in [-0.25, -0.2) is 8.78 Å². The molecule has 6 heteroatoms. The number of hydrogen-bond acceptors (Lipinski definition) is 3. The molecule has 1 aliphatic rings. The maximum atomic E-state index is 13.3. The fourth-order valence-corrected chi connectivity index (χ4v) is 2.49. The van der Waals surface area contributed by atoms with Crippen molar-refractivity contribution in [1.82, 2.24) is 5.32 Å². The molecule has 0 bridgehead atoms. The summed E-state index contributed by atoms with van der Waals surface area (Å²) in [7, 11) is 0. The van der Waals surface area contributed by atoms with Crippen LogP contribution < -0.4 is 10.6 Å². The first-order chi connectivity index (χ1) is 8.18. The van der Waals surface area contributed by atoms with Crippen LogP contribution >= 0.6 is 11.8 Å². The average Bonchev–Trinajstić information content (AvgIpc) is 2.36. The van der Waals surface area contributed by atoms with E-state index in [1.54, 1.807) is 11.8 Å². The summed E-state index contributed by atoms with van der Waals surface area (Å²) in [5.41, 5.74) is -0.118.